The number of carbonyl (C=O) groups is 2. The Morgan fingerprint density at radius 2 is 2.05 bits per heavy atom. The third-order valence-corrected chi connectivity index (χ3v) is 4.72. The molecule has 5 nitrogen and oxygen atoms in total. The lowest BCUT2D eigenvalue weighted by atomic mass is 10.1. The summed E-state index contributed by atoms with van der Waals surface area (Å²) in [6.07, 6.45) is 1.10. The Labute approximate surface area is 120 Å². The predicted molar refractivity (Wildman–Crippen MR) is 76.7 cm³/mol. The van der Waals surface area contributed by atoms with Crippen LogP contribution in [0.5, 0.6) is 0 Å². The summed E-state index contributed by atoms with van der Waals surface area (Å²) in [4.78, 5) is 30.2. The molecule has 0 N–H and O–H groups in total. The van der Waals surface area contributed by atoms with E-state index in [0.29, 0.717) is 18.0 Å². The smallest absolute Gasteiger partial charge is 0.321 e. The molecule has 1 aliphatic rings. The van der Waals surface area contributed by atoms with Gasteiger partial charge in [0.25, 0.3) is 0 Å². The van der Waals surface area contributed by atoms with Crippen LogP contribution < -0.4 is 4.90 Å². The fourth-order valence-corrected chi connectivity index (χ4v) is 3.16. The summed E-state index contributed by atoms with van der Waals surface area (Å²) >= 11 is 1.44. The maximum Gasteiger partial charge on any atom is 0.321 e. The van der Waals surface area contributed by atoms with Crippen LogP contribution in [0.4, 0.5) is 5.13 Å². The number of para-hydroxylation sites is 1. The molecule has 2 aromatic rings. The second kappa shape index (κ2) is 4.56. The molecule has 1 aromatic carbocycles. The second-order valence-corrected chi connectivity index (χ2v) is 5.91. The van der Waals surface area contributed by atoms with Gasteiger partial charge in [-0.2, -0.15) is 0 Å². The molecule has 0 radical (unpaired) electrons. The molecule has 0 atom stereocenters. The largest absolute Gasteiger partial charge is 0.468 e. The van der Waals surface area contributed by atoms with E-state index in [1.54, 1.807) is 7.05 Å². The van der Waals surface area contributed by atoms with Crippen molar-refractivity contribution < 1.29 is 14.3 Å². The molecule has 6 heteroatoms. The topological polar surface area (TPSA) is 59.5 Å². The fourth-order valence-electron chi connectivity index (χ4n) is 2.24. The number of esters is 1. The first-order valence-corrected chi connectivity index (χ1v) is 7.12. The molecule has 0 bridgehead atoms. The molecule has 1 saturated carbocycles. The van der Waals surface area contributed by atoms with Crippen LogP contribution in [-0.4, -0.2) is 31.0 Å². The van der Waals surface area contributed by atoms with Crippen molar-refractivity contribution in [1.82, 2.24) is 4.98 Å². The zero-order valence-corrected chi connectivity index (χ0v) is 12.1. The Balaban J connectivity index is 1.90. The van der Waals surface area contributed by atoms with E-state index in [1.807, 2.05) is 24.3 Å². The fraction of sp³-hybridized carbons (Fsp3) is 0.357. The van der Waals surface area contributed by atoms with Gasteiger partial charge >= 0.3 is 5.97 Å². The van der Waals surface area contributed by atoms with Crippen molar-refractivity contribution in [2.45, 2.75) is 12.8 Å². The predicted octanol–water partition coefficient (Wildman–Crippen LogP) is 2.21. The highest BCUT2D eigenvalue weighted by Gasteiger charge is 2.59. The number of benzene rings is 1. The first-order chi connectivity index (χ1) is 9.58. The quantitative estimate of drug-likeness (QED) is 0.642. The molecule has 0 aliphatic heterocycles. The first-order valence-electron chi connectivity index (χ1n) is 6.30. The maximum absolute atomic E-state index is 12.5. The van der Waals surface area contributed by atoms with Crippen LogP contribution in [0.1, 0.15) is 12.8 Å². The van der Waals surface area contributed by atoms with Crippen molar-refractivity contribution in [3.63, 3.8) is 0 Å². The van der Waals surface area contributed by atoms with Gasteiger partial charge in [0.2, 0.25) is 5.91 Å². The van der Waals surface area contributed by atoms with Crippen molar-refractivity contribution in [1.29, 1.82) is 0 Å². The van der Waals surface area contributed by atoms with Crippen LogP contribution in [0.15, 0.2) is 24.3 Å². The van der Waals surface area contributed by atoms with Gasteiger partial charge in [0.15, 0.2) is 5.13 Å². The maximum atomic E-state index is 12.5. The lowest BCUT2D eigenvalue weighted by Gasteiger charge is -2.19. The molecular weight excluding hydrogens is 276 g/mol. The standard InChI is InChI=1S/C14H14N2O3S/c1-16(11(17)14(7-8-14)12(18)19-2)13-15-9-5-3-4-6-10(9)20-13/h3-6H,7-8H2,1-2H3. The number of anilines is 1. The lowest BCUT2D eigenvalue weighted by Crippen LogP contribution is -2.39. The van der Waals surface area contributed by atoms with E-state index in [0.717, 1.165) is 10.2 Å². The Bertz CT molecular complexity index is 658. The number of methoxy groups -OCH3 is 1. The Morgan fingerprint density at radius 1 is 1.35 bits per heavy atom. The van der Waals surface area contributed by atoms with Gasteiger partial charge in [-0.05, 0) is 25.0 Å². The molecular formula is C14H14N2O3S. The molecule has 1 fully saturated rings. The van der Waals surface area contributed by atoms with Gasteiger partial charge in [-0.3, -0.25) is 14.5 Å². The normalized spacial score (nSPS) is 15.9. The molecule has 1 aliphatic carbocycles. The molecule has 104 valence electrons. The van der Waals surface area contributed by atoms with Gasteiger partial charge < -0.3 is 4.74 Å². The van der Waals surface area contributed by atoms with E-state index in [9.17, 15) is 9.59 Å². The van der Waals surface area contributed by atoms with Gasteiger partial charge in [0.05, 0.1) is 17.3 Å². The number of nitrogens with zero attached hydrogens (tertiary/aromatic N) is 2. The summed E-state index contributed by atoms with van der Waals surface area (Å²) in [6.45, 7) is 0. The van der Waals surface area contributed by atoms with E-state index in [1.165, 1.54) is 23.3 Å². The molecule has 0 unspecified atom stereocenters. The number of hydrogen-bond donors (Lipinski definition) is 0. The van der Waals surface area contributed by atoms with Gasteiger partial charge in [-0.15, -0.1) is 0 Å². The minimum absolute atomic E-state index is 0.233. The number of fused-ring (bicyclic) bond motifs is 1. The number of ether oxygens (including phenoxy) is 1. The SMILES string of the molecule is COC(=O)C1(C(=O)N(C)c2nc3ccccc3s2)CC1. The third kappa shape index (κ3) is 1.87. The number of rotatable bonds is 3. The van der Waals surface area contributed by atoms with Crippen molar-refractivity contribution in [3.8, 4) is 0 Å². The Kier molecular flexibility index (Phi) is 2.97. The highest BCUT2D eigenvalue weighted by molar-refractivity contribution is 7.22. The molecule has 0 saturated heterocycles. The second-order valence-electron chi connectivity index (χ2n) is 4.90. The third-order valence-electron chi connectivity index (χ3n) is 3.61. The number of aromatic nitrogens is 1. The summed E-state index contributed by atoms with van der Waals surface area (Å²) in [5.74, 6) is -0.682. The van der Waals surface area contributed by atoms with Crippen LogP contribution in [0, 0.1) is 5.41 Å². The number of hydrogen-bond acceptors (Lipinski definition) is 5. The average molecular weight is 290 g/mol. The molecule has 1 heterocycles. The number of thiazole rings is 1. The summed E-state index contributed by atoms with van der Waals surface area (Å²) in [6, 6.07) is 7.70. The summed E-state index contributed by atoms with van der Waals surface area (Å²) in [5, 5.41) is 0.603. The van der Waals surface area contributed by atoms with Crippen molar-refractivity contribution in [2.75, 3.05) is 19.1 Å². The number of carbonyl (C=O) groups excluding carboxylic acids is 2. The van der Waals surface area contributed by atoms with Gasteiger partial charge in [-0.25, -0.2) is 4.98 Å². The van der Waals surface area contributed by atoms with Crippen LogP contribution in [0.25, 0.3) is 10.2 Å². The highest BCUT2D eigenvalue weighted by Crippen LogP contribution is 2.49. The number of amides is 1. The van der Waals surface area contributed by atoms with Crippen LogP contribution in [-0.2, 0) is 14.3 Å². The minimum atomic E-state index is -0.985. The van der Waals surface area contributed by atoms with E-state index >= 15 is 0 Å². The van der Waals surface area contributed by atoms with Crippen molar-refractivity contribution >= 4 is 38.6 Å². The average Bonchev–Trinajstić information content (AvgIpc) is 3.17. The van der Waals surface area contributed by atoms with E-state index < -0.39 is 11.4 Å². The van der Waals surface area contributed by atoms with Gasteiger partial charge in [0, 0.05) is 7.05 Å². The van der Waals surface area contributed by atoms with E-state index in [-0.39, 0.29) is 5.91 Å². The molecule has 3 rings (SSSR count). The summed E-state index contributed by atoms with van der Waals surface area (Å²) in [7, 11) is 2.97. The minimum Gasteiger partial charge on any atom is -0.468 e. The lowest BCUT2D eigenvalue weighted by molar-refractivity contribution is -0.151. The van der Waals surface area contributed by atoms with Gasteiger partial charge in [-0.1, -0.05) is 23.5 Å². The van der Waals surface area contributed by atoms with Crippen LogP contribution in [0.2, 0.25) is 0 Å². The summed E-state index contributed by atoms with van der Waals surface area (Å²) in [5.41, 5.74) is -0.128. The zero-order chi connectivity index (χ0) is 14.3. The molecule has 1 amide bonds. The monoisotopic (exact) mass is 290 g/mol. The highest BCUT2D eigenvalue weighted by atomic mass is 32.1. The van der Waals surface area contributed by atoms with Crippen LogP contribution in [0.3, 0.4) is 0 Å². The first kappa shape index (κ1) is 13.1. The van der Waals surface area contributed by atoms with E-state index in [4.69, 9.17) is 4.74 Å². The van der Waals surface area contributed by atoms with Crippen molar-refractivity contribution in [3.05, 3.63) is 24.3 Å². The van der Waals surface area contributed by atoms with E-state index in [2.05, 4.69) is 4.98 Å². The van der Waals surface area contributed by atoms with Crippen molar-refractivity contribution in [2.24, 2.45) is 5.41 Å². The summed E-state index contributed by atoms with van der Waals surface area (Å²) < 4.78 is 5.76. The zero-order valence-electron chi connectivity index (χ0n) is 11.3. The van der Waals surface area contributed by atoms with Crippen LogP contribution >= 0.6 is 11.3 Å². The molecule has 1 aromatic heterocycles. The molecule has 0 spiro atoms. The Hall–Kier alpha value is -1.95. The van der Waals surface area contributed by atoms with Gasteiger partial charge in [0.1, 0.15) is 5.41 Å². The molecule has 20 heavy (non-hydrogen) atoms. The Morgan fingerprint density at radius 3 is 2.65 bits per heavy atom.